The molecule has 0 atom stereocenters. The Morgan fingerprint density at radius 3 is 2.65 bits per heavy atom. The summed E-state index contributed by atoms with van der Waals surface area (Å²) in [5.74, 6) is -1.08. The third kappa shape index (κ3) is 3.23. The number of carbonyl (C=O) groups excluding carboxylic acids is 2. The van der Waals surface area contributed by atoms with E-state index in [0.717, 1.165) is 0 Å². The fraction of sp³-hybridized carbons (Fsp3) is 0.312. The Labute approximate surface area is 132 Å². The Balaban J connectivity index is 1.71. The van der Waals surface area contributed by atoms with Crippen LogP contribution in [0.1, 0.15) is 23.4 Å². The Morgan fingerprint density at radius 1 is 1.26 bits per heavy atom. The van der Waals surface area contributed by atoms with Crippen molar-refractivity contribution < 1.29 is 18.5 Å². The van der Waals surface area contributed by atoms with E-state index in [1.54, 1.807) is 17.0 Å². The number of rotatable bonds is 3. The van der Waals surface area contributed by atoms with Crippen molar-refractivity contribution in [2.24, 2.45) is 11.7 Å². The number of aromatic nitrogens is 1. The summed E-state index contributed by atoms with van der Waals surface area (Å²) < 4.78 is 18.3. The van der Waals surface area contributed by atoms with Crippen LogP contribution in [0.4, 0.5) is 4.39 Å². The molecule has 1 fully saturated rings. The fourth-order valence-corrected chi connectivity index (χ4v) is 2.68. The van der Waals surface area contributed by atoms with Crippen LogP contribution in [0.25, 0.3) is 11.3 Å². The number of hydrogen-bond donors (Lipinski definition) is 1. The molecule has 2 heterocycles. The molecule has 1 aliphatic rings. The molecule has 0 unspecified atom stereocenters. The summed E-state index contributed by atoms with van der Waals surface area (Å²) in [6.45, 7) is 0.894. The minimum atomic E-state index is -0.382. The van der Waals surface area contributed by atoms with Gasteiger partial charge in [0, 0.05) is 30.6 Å². The molecule has 0 spiro atoms. The smallest absolute Gasteiger partial charge is 0.292 e. The molecule has 7 heteroatoms. The van der Waals surface area contributed by atoms with Crippen molar-refractivity contribution in [1.29, 1.82) is 0 Å². The zero-order valence-corrected chi connectivity index (χ0v) is 12.4. The average molecular weight is 317 g/mol. The zero-order valence-electron chi connectivity index (χ0n) is 12.4. The van der Waals surface area contributed by atoms with E-state index in [-0.39, 0.29) is 29.3 Å². The normalized spacial score (nSPS) is 15.6. The van der Waals surface area contributed by atoms with Crippen molar-refractivity contribution in [2.75, 3.05) is 13.1 Å². The van der Waals surface area contributed by atoms with Crippen molar-refractivity contribution >= 4 is 11.8 Å². The highest BCUT2D eigenvalue weighted by atomic mass is 19.1. The van der Waals surface area contributed by atoms with E-state index in [1.165, 1.54) is 18.2 Å². The van der Waals surface area contributed by atoms with E-state index < -0.39 is 0 Å². The molecule has 1 aliphatic heterocycles. The molecule has 0 bridgehead atoms. The maximum Gasteiger partial charge on any atom is 0.292 e. The van der Waals surface area contributed by atoms with E-state index in [1.807, 2.05) is 0 Å². The fourth-order valence-electron chi connectivity index (χ4n) is 2.68. The van der Waals surface area contributed by atoms with Gasteiger partial charge in [-0.3, -0.25) is 9.59 Å². The molecule has 2 N–H and O–H groups in total. The molecule has 3 rings (SSSR count). The summed E-state index contributed by atoms with van der Waals surface area (Å²) >= 11 is 0. The maximum absolute atomic E-state index is 13.2. The molecule has 2 amide bonds. The highest BCUT2D eigenvalue weighted by Crippen LogP contribution is 2.23. The molecular weight excluding hydrogens is 301 g/mol. The van der Waals surface area contributed by atoms with Crippen LogP contribution in [0.15, 0.2) is 34.9 Å². The first-order valence-corrected chi connectivity index (χ1v) is 7.36. The molecule has 2 aromatic rings. The second-order valence-electron chi connectivity index (χ2n) is 5.56. The zero-order chi connectivity index (χ0) is 16.4. The van der Waals surface area contributed by atoms with E-state index in [4.69, 9.17) is 10.3 Å². The third-order valence-corrected chi connectivity index (χ3v) is 4.03. The molecule has 23 heavy (non-hydrogen) atoms. The predicted molar refractivity (Wildman–Crippen MR) is 79.7 cm³/mol. The Morgan fingerprint density at radius 2 is 2.00 bits per heavy atom. The predicted octanol–water partition coefficient (Wildman–Crippen LogP) is 1.82. The molecule has 1 aromatic heterocycles. The Hall–Kier alpha value is -2.70. The van der Waals surface area contributed by atoms with Gasteiger partial charge in [0.05, 0.1) is 0 Å². The number of benzene rings is 1. The van der Waals surface area contributed by atoms with Crippen LogP contribution in [0.3, 0.4) is 0 Å². The van der Waals surface area contributed by atoms with Crippen LogP contribution in [-0.2, 0) is 4.79 Å². The van der Waals surface area contributed by atoms with Gasteiger partial charge in [-0.25, -0.2) is 4.39 Å². The largest absolute Gasteiger partial charge is 0.369 e. The number of carbonyl (C=O) groups is 2. The summed E-state index contributed by atoms with van der Waals surface area (Å²) in [6.07, 6.45) is 1.10. The summed E-state index contributed by atoms with van der Waals surface area (Å²) in [4.78, 5) is 25.1. The van der Waals surface area contributed by atoms with Gasteiger partial charge in [-0.1, -0.05) is 17.3 Å². The van der Waals surface area contributed by atoms with Crippen molar-refractivity contribution in [3.63, 3.8) is 0 Å². The van der Waals surface area contributed by atoms with Gasteiger partial charge in [-0.15, -0.1) is 0 Å². The number of amides is 2. The molecule has 0 radical (unpaired) electrons. The third-order valence-electron chi connectivity index (χ3n) is 4.03. The van der Waals surface area contributed by atoms with Crippen LogP contribution in [-0.4, -0.2) is 35.0 Å². The summed E-state index contributed by atoms with van der Waals surface area (Å²) in [7, 11) is 0. The van der Waals surface area contributed by atoms with Gasteiger partial charge in [0.25, 0.3) is 5.91 Å². The van der Waals surface area contributed by atoms with Gasteiger partial charge in [-0.2, -0.15) is 0 Å². The number of nitrogens with zero attached hydrogens (tertiary/aromatic N) is 2. The van der Waals surface area contributed by atoms with Gasteiger partial charge in [-0.05, 0) is 25.0 Å². The number of nitrogens with two attached hydrogens (primary N) is 1. The molecule has 6 nitrogen and oxygen atoms in total. The van der Waals surface area contributed by atoms with Crippen molar-refractivity contribution in [3.05, 3.63) is 41.9 Å². The lowest BCUT2D eigenvalue weighted by molar-refractivity contribution is -0.123. The molecule has 120 valence electrons. The Bertz CT molecular complexity index is 736. The lowest BCUT2D eigenvalue weighted by Gasteiger charge is -2.29. The molecule has 1 aromatic carbocycles. The van der Waals surface area contributed by atoms with Crippen molar-refractivity contribution in [2.45, 2.75) is 12.8 Å². The van der Waals surface area contributed by atoms with Crippen LogP contribution < -0.4 is 5.73 Å². The molecule has 1 saturated heterocycles. The summed E-state index contributed by atoms with van der Waals surface area (Å²) in [5.41, 5.74) is 6.22. The first kappa shape index (κ1) is 15.2. The second-order valence-corrected chi connectivity index (χ2v) is 5.56. The molecule has 0 saturated carbocycles. The van der Waals surface area contributed by atoms with E-state index in [2.05, 4.69) is 5.16 Å². The number of hydrogen-bond acceptors (Lipinski definition) is 4. The van der Waals surface area contributed by atoms with Crippen molar-refractivity contribution in [3.8, 4) is 11.3 Å². The van der Waals surface area contributed by atoms with Crippen molar-refractivity contribution in [1.82, 2.24) is 10.1 Å². The van der Waals surface area contributed by atoms with Gasteiger partial charge < -0.3 is 15.2 Å². The molecular formula is C16H16FN3O3. The van der Waals surface area contributed by atoms with E-state index in [0.29, 0.717) is 37.2 Å². The quantitative estimate of drug-likeness (QED) is 0.935. The topological polar surface area (TPSA) is 89.4 Å². The van der Waals surface area contributed by atoms with Gasteiger partial charge >= 0.3 is 0 Å². The van der Waals surface area contributed by atoms with Crippen LogP contribution in [0.5, 0.6) is 0 Å². The van der Waals surface area contributed by atoms with E-state index >= 15 is 0 Å². The highest BCUT2D eigenvalue weighted by Gasteiger charge is 2.28. The van der Waals surface area contributed by atoms with Crippen LogP contribution >= 0.6 is 0 Å². The lowest BCUT2D eigenvalue weighted by Crippen LogP contribution is -2.41. The minimum absolute atomic E-state index is 0.0989. The van der Waals surface area contributed by atoms with Crippen LogP contribution in [0, 0.1) is 11.7 Å². The summed E-state index contributed by atoms with van der Waals surface area (Å²) in [5, 5.41) is 3.82. The number of primary amides is 1. The van der Waals surface area contributed by atoms with Crippen LogP contribution in [0.2, 0.25) is 0 Å². The number of likely N-dealkylation sites (tertiary alicyclic amines) is 1. The Kier molecular flexibility index (Phi) is 4.10. The highest BCUT2D eigenvalue weighted by molar-refractivity contribution is 5.92. The number of piperidine rings is 1. The number of halogens is 1. The second kappa shape index (κ2) is 6.20. The lowest BCUT2D eigenvalue weighted by atomic mass is 9.96. The standard InChI is InChI=1S/C16H16FN3O3/c17-12-3-1-2-11(8-12)13-9-14(23-19-13)16(22)20-6-4-10(5-7-20)15(18)21/h1-3,8-10H,4-7H2,(H2,18,21). The van der Waals surface area contributed by atoms with E-state index in [9.17, 15) is 14.0 Å². The first-order valence-electron chi connectivity index (χ1n) is 7.36. The minimum Gasteiger partial charge on any atom is -0.369 e. The monoisotopic (exact) mass is 317 g/mol. The maximum atomic E-state index is 13.2. The SMILES string of the molecule is NC(=O)C1CCN(C(=O)c2cc(-c3cccc(F)c3)no2)CC1. The molecule has 0 aliphatic carbocycles. The average Bonchev–Trinajstić information content (AvgIpc) is 3.04. The summed E-state index contributed by atoms with van der Waals surface area (Å²) in [6, 6.07) is 7.41. The first-order chi connectivity index (χ1) is 11.0. The van der Waals surface area contributed by atoms with Gasteiger partial charge in [0.1, 0.15) is 11.5 Å². The van der Waals surface area contributed by atoms with Gasteiger partial charge in [0.2, 0.25) is 11.7 Å². The van der Waals surface area contributed by atoms with Gasteiger partial charge in [0.15, 0.2) is 0 Å².